The lowest BCUT2D eigenvalue weighted by Gasteiger charge is -2.23. The molecule has 3 rings (SSSR count). The van der Waals surface area contributed by atoms with Crippen molar-refractivity contribution in [3.05, 3.63) is 71.9 Å². The van der Waals surface area contributed by atoms with E-state index < -0.39 is 6.09 Å². The van der Waals surface area contributed by atoms with Crippen LogP contribution in [0.2, 0.25) is 0 Å². The van der Waals surface area contributed by atoms with Crippen LogP contribution in [0.3, 0.4) is 0 Å². The number of rotatable bonds is 12. The highest BCUT2D eigenvalue weighted by atomic mass is 16.5. The summed E-state index contributed by atoms with van der Waals surface area (Å²) in [6, 6.07) is 15.9. The normalized spacial score (nSPS) is 10.6. The van der Waals surface area contributed by atoms with E-state index in [1.54, 1.807) is 48.4 Å². The summed E-state index contributed by atoms with van der Waals surface area (Å²) in [5.74, 6) is 1.23. The summed E-state index contributed by atoms with van der Waals surface area (Å²) in [6.07, 6.45) is 0.885. The number of carbonyl (C=O) groups is 2. The number of aromatic nitrogens is 2. The first-order chi connectivity index (χ1) is 17.9. The summed E-state index contributed by atoms with van der Waals surface area (Å²) in [4.78, 5) is 37.4. The maximum absolute atomic E-state index is 12.7. The third-order valence-corrected chi connectivity index (χ3v) is 5.77. The average Bonchev–Trinajstić information content (AvgIpc) is 2.92. The molecule has 37 heavy (non-hydrogen) atoms. The largest absolute Gasteiger partial charge is 0.497 e. The minimum absolute atomic E-state index is 0.0337. The van der Waals surface area contributed by atoms with Gasteiger partial charge in [-0.2, -0.15) is 4.98 Å². The first-order valence-corrected chi connectivity index (χ1v) is 12.2. The van der Waals surface area contributed by atoms with Crippen LogP contribution in [0.5, 0.6) is 5.75 Å². The molecule has 0 unspecified atom stereocenters. The molecule has 1 aromatic heterocycles. The quantitative estimate of drug-likeness (QED) is 0.372. The van der Waals surface area contributed by atoms with Crippen molar-refractivity contribution in [3.63, 3.8) is 0 Å². The number of carbonyl (C=O) groups excluding carboxylic acids is 2. The zero-order chi connectivity index (χ0) is 26.6. The predicted octanol–water partition coefficient (Wildman–Crippen LogP) is 4.39. The predicted molar refractivity (Wildman–Crippen MR) is 143 cm³/mol. The Bertz CT molecular complexity index is 1170. The number of ether oxygens (including phenoxy) is 2. The fourth-order valence-corrected chi connectivity index (χ4v) is 3.52. The monoisotopic (exact) mass is 506 g/mol. The Morgan fingerprint density at radius 3 is 2.46 bits per heavy atom. The Kier molecular flexibility index (Phi) is 10.2. The molecular formula is C27H34N6O4. The van der Waals surface area contributed by atoms with Crippen LogP contribution in [-0.4, -0.2) is 72.1 Å². The van der Waals surface area contributed by atoms with Gasteiger partial charge in [-0.3, -0.25) is 10.1 Å². The molecule has 0 bridgehead atoms. The lowest BCUT2D eigenvalue weighted by atomic mass is 10.2. The van der Waals surface area contributed by atoms with Crippen molar-refractivity contribution >= 4 is 29.5 Å². The molecule has 196 valence electrons. The van der Waals surface area contributed by atoms with Crippen molar-refractivity contribution < 1.29 is 19.1 Å². The van der Waals surface area contributed by atoms with E-state index in [-0.39, 0.29) is 18.3 Å². The highest BCUT2D eigenvalue weighted by molar-refractivity contribution is 5.94. The Morgan fingerprint density at radius 1 is 1.00 bits per heavy atom. The number of anilines is 3. The zero-order valence-corrected chi connectivity index (χ0v) is 21.7. The Morgan fingerprint density at radius 2 is 1.76 bits per heavy atom. The van der Waals surface area contributed by atoms with Crippen LogP contribution in [-0.2, 0) is 11.3 Å². The summed E-state index contributed by atoms with van der Waals surface area (Å²) >= 11 is 0. The smallest absolute Gasteiger partial charge is 0.413 e. The van der Waals surface area contributed by atoms with Crippen LogP contribution in [0.25, 0.3) is 0 Å². The number of benzene rings is 2. The van der Waals surface area contributed by atoms with Gasteiger partial charge >= 0.3 is 6.09 Å². The van der Waals surface area contributed by atoms with Gasteiger partial charge in [0.2, 0.25) is 5.95 Å². The average molecular weight is 507 g/mol. The molecule has 3 aromatic rings. The maximum Gasteiger partial charge on any atom is 0.413 e. The van der Waals surface area contributed by atoms with Gasteiger partial charge in [-0.1, -0.05) is 26.0 Å². The lowest BCUT2D eigenvalue weighted by molar-refractivity contribution is 0.0779. The van der Waals surface area contributed by atoms with Gasteiger partial charge in [-0.25, -0.2) is 9.78 Å². The number of likely N-dealkylation sites (N-methyl/N-ethyl adjacent to an activating group) is 2. The number of nitrogens with zero attached hydrogens (tertiary/aromatic N) is 4. The Balaban J connectivity index is 1.52. The molecule has 2 N–H and O–H groups in total. The van der Waals surface area contributed by atoms with E-state index >= 15 is 0 Å². The molecule has 10 heteroatoms. The molecule has 10 nitrogen and oxygen atoms in total. The van der Waals surface area contributed by atoms with Crippen molar-refractivity contribution in [2.75, 3.05) is 51.0 Å². The van der Waals surface area contributed by atoms with E-state index in [4.69, 9.17) is 9.47 Å². The molecular weight excluding hydrogens is 472 g/mol. The first kappa shape index (κ1) is 27.4. The van der Waals surface area contributed by atoms with Crippen LogP contribution in [0.1, 0.15) is 29.8 Å². The SMILES string of the molecule is CCN(CC)CCN(C)C(=O)c1ccc(Nc2nccc(NC(=O)OCc3cccc(OC)c3)n2)cc1. The maximum atomic E-state index is 12.7. The summed E-state index contributed by atoms with van der Waals surface area (Å²) < 4.78 is 10.4. The van der Waals surface area contributed by atoms with Crippen molar-refractivity contribution in [2.24, 2.45) is 0 Å². The van der Waals surface area contributed by atoms with Crippen LogP contribution in [0, 0.1) is 0 Å². The van der Waals surface area contributed by atoms with Crippen LogP contribution in [0.4, 0.5) is 22.2 Å². The van der Waals surface area contributed by atoms with E-state index in [0.717, 1.165) is 25.2 Å². The van der Waals surface area contributed by atoms with Crippen molar-refractivity contribution in [1.82, 2.24) is 19.8 Å². The van der Waals surface area contributed by atoms with Gasteiger partial charge in [0.05, 0.1) is 7.11 Å². The molecule has 0 spiro atoms. The van der Waals surface area contributed by atoms with Gasteiger partial charge in [-0.15, -0.1) is 0 Å². The molecule has 0 saturated heterocycles. The second-order valence-corrected chi connectivity index (χ2v) is 8.27. The van der Waals surface area contributed by atoms with Gasteiger partial charge < -0.3 is 24.6 Å². The molecule has 0 aliphatic rings. The van der Waals surface area contributed by atoms with Gasteiger partial charge in [0, 0.05) is 37.6 Å². The van der Waals surface area contributed by atoms with Crippen molar-refractivity contribution in [1.29, 1.82) is 0 Å². The van der Waals surface area contributed by atoms with Crippen LogP contribution < -0.4 is 15.4 Å². The highest BCUT2D eigenvalue weighted by Crippen LogP contribution is 2.17. The standard InChI is InChI=1S/C27H34N6O4/c1-5-33(6-2)17-16-32(3)25(34)21-10-12-22(13-11-21)29-26-28-15-14-24(30-26)31-27(35)37-19-20-8-7-9-23(18-20)36-4/h7-15,18H,5-6,16-17,19H2,1-4H3,(H2,28,29,30,31,35). The molecule has 2 aromatic carbocycles. The fraction of sp³-hybridized carbons (Fsp3) is 0.333. The van der Waals surface area contributed by atoms with Crippen molar-refractivity contribution in [3.8, 4) is 5.75 Å². The number of amides is 2. The highest BCUT2D eigenvalue weighted by Gasteiger charge is 2.13. The van der Waals surface area contributed by atoms with E-state index in [1.165, 1.54) is 6.20 Å². The summed E-state index contributed by atoms with van der Waals surface area (Å²) in [6.45, 7) is 7.74. The van der Waals surface area contributed by atoms with E-state index in [2.05, 4.69) is 39.3 Å². The summed E-state index contributed by atoms with van der Waals surface area (Å²) in [7, 11) is 3.39. The third-order valence-electron chi connectivity index (χ3n) is 5.77. The number of hydrogen-bond donors (Lipinski definition) is 2. The first-order valence-electron chi connectivity index (χ1n) is 12.2. The van der Waals surface area contributed by atoms with Gasteiger partial charge in [0.1, 0.15) is 18.2 Å². The molecule has 0 radical (unpaired) electrons. The van der Waals surface area contributed by atoms with Gasteiger partial charge in [0.25, 0.3) is 5.91 Å². The Hall–Kier alpha value is -4.18. The third kappa shape index (κ3) is 8.46. The minimum Gasteiger partial charge on any atom is -0.497 e. The topological polar surface area (TPSA) is 109 Å². The second-order valence-electron chi connectivity index (χ2n) is 8.27. The number of methoxy groups -OCH3 is 1. The van der Waals surface area contributed by atoms with E-state index in [9.17, 15) is 9.59 Å². The molecule has 0 aliphatic carbocycles. The number of hydrogen-bond acceptors (Lipinski definition) is 8. The molecule has 0 aliphatic heterocycles. The van der Waals surface area contributed by atoms with Crippen molar-refractivity contribution in [2.45, 2.75) is 20.5 Å². The van der Waals surface area contributed by atoms with Crippen LogP contribution in [0.15, 0.2) is 60.8 Å². The second kappa shape index (κ2) is 13.8. The zero-order valence-electron chi connectivity index (χ0n) is 21.7. The van der Waals surface area contributed by atoms with E-state index in [0.29, 0.717) is 29.5 Å². The number of nitrogens with one attached hydrogen (secondary N) is 2. The molecule has 0 fully saturated rings. The van der Waals surface area contributed by atoms with E-state index in [1.807, 2.05) is 25.2 Å². The summed E-state index contributed by atoms with van der Waals surface area (Å²) in [5, 5.41) is 5.67. The fourth-order valence-electron chi connectivity index (χ4n) is 3.52. The summed E-state index contributed by atoms with van der Waals surface area (Å²) in [5.41, 5.74) is 2.11. The molecule has 1 heterocycles. The molecule has 0 saturated carbocycles. The van der Waals surface area contributed by atoms with Gasteiger partial charge in [-0.05, 0) is 61.1 Å². The molecule has 0 atom stereocenters. The lowest BCUT2D eigenvalue weighted by Crippen LogP contribution is -2.36. The minimum atomic E-state index is -0.638. The van der Waals surface area contributed by atoms with Gasteiger partial charge in [0.15, 0.2) is 0 Å². The Labute approximate surface area is 217 Å². The van der Waals surface area contributed by atoms with Crippen LogP contribution >= 0.6 is 0 Å². The molecule has 2 amide bonds.